The van der Waals surface area contributed by atoms with Gasteiger partial charge in [0.05, 0.1) is 5.69 Å². The highest BCUT2D eigenvalue weighted by Crippen LogP contribution is 2.26. The molecule has 0 spiro atoms. The molecule has 1 aromatic rings. The van der Waals surface area contributed by atoms with E-state index in [1.165, 1.54) is 16.8 Å². The van der Waals surface area contributed by atoms with Crippen LogP contribution in [0.2, 0.25) is 0 Å². The van der Waals surface area contributed by atoms with E-state index in [9.17, 15) is 0 Å². The van der Waals surface area contributed by atoms with Crippen molar-refractivity contribution in [1.82, 2.24) is 4.98 Å². The third-order valence-corrected chi connectivity index (χ3v) is 2.78. The molecule has 1 aliphatic rings. The van der Waals surface area contributed by atoms with Gasteiger partial charge >= 0.3 is 0 Å². The molecule has 78 valence electrons. The van der Waals surface area contributed by atoms with E-state index in [0.717, 1.165) is 12.8 Å². The van der Waals surface area contributed by atoms with Crippen LogP contribution in [0, 0.1) is 5.92 Å². The van der Waals surface area contributed by atoms with Crippen molar-refractivity contribution in [3.8, 4) is 0 Å². The van der Waals surface area contributed by atoms with Crippen molar-refractivity contribution in [2.24, 2.45) is 5.92 Å². The zero-order valence-corrected chi connectivity index (χ0v) is 9.40. The molecular weight excluding hydrogens is 182 g/mol. The summed E-state index contributed by atoms with van der Waals surface area (Å²) >= 11 is 0. The van der Waals surface area contributed by atoms with Crippen LogP contribution >= 0.6 is 0 Å². The van der Waals surface area contributed by atoms with E-state index in [1.807, 2.05) is 12.3 Å². The number of aromatic nitrogens is 1. The second kappa shape index (κ2) is 4.43. The second-order valence-corrected chi connectivity index (χ2v) is 4.25. The molecule has 0 fully saturated rings. The maximum absolute atomic E-state index is 4.52. The van der Waals surface area contributed by atoms with Crippen LogP contribution in [0.5, 0.6) is 0 Å². The van der Waals surface area contributed by atoms with Crippen molar-refractivity contribution < 1.29 is 0 Å². The Morgan fingerprint density at radius 2 is 2.20 bits per heavy atom. The van der Waals surface area contributed by atoms with Gasteiger partial charge in [-0.1, -0.05) is 38.1 Å². The Balaban J connectivity index is 2.52. The summed E-state index contributed by atoms with van der Waals surface area (Å²) in [6, 6.07) is 4.22. The van der Waals surface area contributed by atoms with Gasteiger partial charge in [0.2, 0.25) is 0 Å². The number of hydrogen-bond donors (Lipinski definition) is 0. The molecule has 0 amide bonds. The van der Waals surface area contributed by atoms with Crippen molar-refractivity contribution in [2.75, 3.05) is 0 Å². The van der Waals surface area contributed by atoms with Gasteiger partial charge in [0, 0.05) is 6.20 Å². The first-order valence-electron chi connectivity index (χ1n) is 5.60. The minimum absolute atomic E-state index is 0.529. The number of fused-ring (bicyclic) bond motifs is 1. The highest BCUT2D eigenvalue weighted by atomic mass is 14.7. The van der Waals surface area contributed by atoms with Crippen LogP contribution < -0.4 is 0 Å². The minimum Gasteiger partial charge on any atom is -0.256 e. The Kier molecular flexibility index (Phi) is 3.00. The Morgan fingerprint density at radius 3 is 3.00 bits per heavy atom. The van der Waals surface area contributed by atoms with Crippen LogP contribution in [0.4, 0.5) is 0 Å². The van der Waals surface area contributed by atoms with Gasteiger partial charge < -0.3 is 0 Å². The fourth-order valence-electron chi connectivity index (χ4n) is 1.95. The molecule has 0 atom stereocenters. The molecule has 0 aliphatic heterocycles. The van der Waals surface area contributed by atoms with Crippen LogP contribution in [0.3, 0.4) is 0 Å². The fraction of sp³-hybridized carbons (Fsp3) is 0.357. The summed E-state index contributed by atoms with van der Waals surface area (Å²) in [6.45, 7) is 4.44. The molecule has 0 aromatic carbocycles. The zero-order chi connectivity index (χ0) is 10.7. The number of aryl methyl sites for hydroxylation is 1. The Hall–Kier alpha value is -1.37. The summed E-state index contributed by atoms with van der Waals surface area (Å²) in [5.41, 5.74) is 3.92. The average Bonchev–Trinajstić information content (AvgIpc) is 2.18. The lowest BCUT2D eigenvalue weighted by Gasteiger charge is -2.15. The molecule has 0 saturated heterocycles. The first-order valence-corrected chi connectivity index (χ1v) is 5.60. The van der Waals surface area contributed by atoms with Crippen LogP contribution in [0.1, 0.15) is 31.5 Å². The zero-order valence-electron chi connectivity index (χ0n) is 9.40. The minimum atomic E-state index is 0.529. The SMILES string of the molecule is CC(C)C1=CC=CCCc2cccnc21. The van der Waals surface area contributed by atoms with Gasteiger partial charge in [-0.2, -0.15) is 0 Å². The van der Waals surface area contributed by atoms with Crippen molar-refractivity contribution in [3.05, 3.63) is 47.8 Å². The second-order valence-electron chi connectivity index (χ2n) is 4.25. The number of hydrogen-bond acceptors (Lipinski definition) is 1. The summed E-state index contributed by atoms with van der Waals surface area (Å²) < 4.78 is 0. The molecule has 0 N–H and O–H groups in total. The van der Waals surface area contributed by atoms with E-state index in [1.54, 1.807) is 0 Å². The van der Waals surface area contributed by atoms with Gasteiger partial charge in [0.1, 0.15) is 0 Å². The lowest BCUT2D eigenvalue weighted by molar-refractivity contribution is 0.838. The van der Waals surface area contributed by atoms with Crippen LogP contribution in [-0.4, -0.2) is 4.98 Å². The van der Waals surface area contributed by atoms with Gasteiger partial charge in [-0.05, 0) is 36.0 Å². The molecule has 1 aliphatic carbocycles. The fourth-order valence-corrected chi connectivity index (χ4v) is 1.95. The molecule has 0 bridgehead atoms. The molecule has 1 heterocycles. The molecule has 1 nitrogen and oxygen atoms in total. The van der Waals surface area contributed by atoms with Gasteiger partial charge in [-0.25, -0.2) is 0 Å². The van der Waals surface area contributed by atoms with Crippen molar-refractivity contribution in [2.45, 2.75) is 26.7 Å². The Morgan fingerprint density at radius 1 is 1.33 bits per heavy atom. The number of allylic oxidation sites excluding steroid dienone is 4. The predicted molar refractivity (Wildman–Crippen MR) is 64.5 cm³/mol. The van der Waals surface area contributed by atoms with E-state index in [2.05, 4.69) is 43.1 Å². The van der Waals surface area contributed by atoms with Gasteiger partial charge in [0.25, 0.3) is 0 Å². The van der Waals surface area contributed by atoms with Crippen LogP contribution in [-0.2, 0) is 6.42 Å². The van der Waals surface area contributed by atoms with Crippen LogP contribution in [0.15, 0.2) is 36.6 Å². The van der Waals surface area contributed by atoms with Gasteiger partial charge in [-0.15, -0.1) is 0 Å². The lowest BCUT2D eigenvalue weighted by atomic mass is 9.92. The molecule has 2 rings (SSSR count). The summed E-state index contributed by atoms with van der Waals surface area (Å²) in [5.74, 6) is 0.529. The topological polar surface area (TPSA) is 12.9 Å². The highest BCUT2D eigenvalue weighted by molar-refractivity contribution is 5.68. The molecule has 1 heteroatoms. The third kappa shape index (κ3) is 2.17. The highest BCUT2D eigenvalue weighted by Gasteiger charge is 2.12. The van der Waals surface area contributed by atoms with E-state index in [0.29, 0.717) is 5.92 Å². The predicted octanol–water partition coefficient (Wildman–Crippen LogP) is 3.62. The Bertz CT molecular complexity index is 400. The van der Waals surface area contributed by atoms with Gasteiger partial charge in [0.15, 0.2) is 0 Å². The molecule has 0 radical (unpaired) electrons. The monoisotopic (exact) mass is 199 g/mol. The van der Waals surface area contributed by atoms with E-state index in [4.69, 9.17) is 0 Å². The average molecular weight is 199 g/mol. The maximum atomic E-state index is 4.52. The number of nitrogens with zero attached hydrogens (tertiary/aromatic N) is 1. The van der Waals surface area contributed by atoms with Crippen molar-refractivity contribution in [3.63, 3.8) is 0 Å². The lowest BCUT2D eigenvalue weighted by Crippen LogP contribution is -2.02. The first-order chi connectivity index (χ1) is 7.29. The number of rotatable bonds is 1. The normalized spacial score (nSPS) is 15.5. The standard InChI is InChI=1S/C14H17N/c1-11(2)13-9-5-3-4-7-12-8-6-10-15-14(12)13/h3,5-6,8-11H,4,7H2,1-2H3. The van der Waals surface area contributed by atoms with Crippen molar-refractivity contribution in [1.29, 1.82) is 0 Å². The van der Waals surface area contributed by atoms with Crippen molar-refractivity contribution >= 4 is 5.57 Å². The smallest absolute Gasteiger partial charge is 0.0696 e. The molecule has 15 heavy (non-hydrogen) atoms. The third-order valence-electron chi connectivity index (χ3n) is 2.78. The van der Waals surface area contributed by atoms with E-state index >= 15 is 0 Å². The van der Waals surface area contributed by atoms with E-state index < -0.39 is 0 Å². The molecule has 1 aromatic heterocycles. The summed E-state index contributed by atoms with van der Waals surface area (Å²) in [5, 5.41) is 0. The molecule has 0 saturated carbocycles. The summed E-state index contributed by atoms with van der Waals surface area (Å²) in [6.07, 6.45) is 10.7. The maximum Gasteiger partial charge on any atom is 0.0696 e. The first kappa shape index (κ1) is 10.2. The number of pyridine rings is 1. The summed E-state index contributed by atoms with van der Waals surface area (Å²) in [4.78, 5) is 4.52. The van der Waals surface area contributed by atoms with Gasteiger partial charge in [-0.3, -0.25) is 4.98 Å². The van der Waals surface area contributed by atoms with Crippen LogP contribution in [0.25, 0.3) is 5.57 Å². The molecule has 0 unspecified atom stereocenters. The van der Waals surface area contributed by atoms with E-state index in [-0.39, 0.29) is 0 Å². The summed E-state index contributed by atoms with van der Waals surface area (Å²) in [7, 11) is 0. The largest absolute Gasteiger partial charge is 0.256 e. The quantitative estimate of drug-likeness (QED) is 0.673. The Labute approximate surface area is 91.6 Å². The molecular formula is C14H17N.